The van der Waals surface area contributed by atoms with Crippen LogP contribution in [0.25, 0.3) is 0 Å². The lowest BCUT2D eigenvalue weighted by atomic mass is 10.9. The van der Waals surface area contributed by atoms with Gasteiger partial charge in [-0.15, -0.1) is 0 Å². The number of rotatable bonds is 5. The lowest BCUT2D eigenvalue weighted by molar-refractivity contribution is 0.210. The van der Waals surface area contributed by atoms with Gasteiger partial charge in [-0.3, -0.25) is 0 Å². The molecule has 3 nitrogen and oxygen atoms in total. The highest BCUT2D eigenvalue weighted by Crippen LogP contribution is 1.82. The molecule has 0 rings (SSSR count). The van der Waals surface area contributed by atoms with Crippen molar-refractivity contribution in [3.05, 3.63) is 0 Å². The summed E-state index contributed by atoms with van der Waals surface area (Å²) < 4.78 is 13.7. The average molecular weight is 165 g/mol. The summed E-state index contributed by atoms with van der Waals surface area (Å²) in [6.07, 6.45) is 0. The maximum Gasteiger partial charge on any atom is 0.400 e. The smallest absolute Gasteiger partial charge is 0.386 e. The van der Waals surface area contributed by atoms with Gasteiger partial charge >= 0.3 is 9.45 Å². The van der Waals surface area contributed by atoms with Crippen molar-refractivity contribution in [1.82, 2.24) is 4.65 Å². The second kappa shape index (κ2) is 6.43. The zero-order valence-corrected chi connectivity index (χ0v) is 9.46. The molecule has 0 radical (unpaired) electrons. The van der Waals surface area contributed by atoms with Crippen molar-refractivity contribution in [3.63, 3.8) is 0 Å². The Hall–Kier alpha value is 0.314. The minimum atomic E-state index is -1.40. The molecule has 0 spiro atoms. The SMILES string of the molecule is CCO[SiH](N[SiH3])OCC. The molecule has 0 saturated heterocycles. The van der Waals surface area contributed by atoms with Gasteiger partial charge in [0.2, 0.25) is 0 Å². The molecule has 0 aromatic rings. The molecule has 1 N–H and O–H groups in total. The van der Waals surface area contributed by atoms with Gasteiger partial charge in [0, 0.05) is 13.2 Å². The Bertz CT molecular complexity index is 58.5. The van der Waals surface area contributed by atoms with E-state index >= 15 is 0 Å². The summed E-state index contributed by atoms with van der Waals surface area (Å²) in [6.45, 7) is 5.48. The molecule has 0 aromatic carbocycles. The molecule has 0 heterocycles. The van der Waals surface area contributed by atoms with E-state index < -0.39 is 9.45 Å². The minimum Gasteiger partial charge on any atom is -0.386 e. The van der Waals surface area contributed by atoms with E-state index in [9.17, 15) is 0 Å². The van der Waals surface area contributed by atoms with Crippen LogP contribution in [0.2, 0.25) is 0 Å². The fraction of sp³-hybridized carbons (Fsp3) is 1.00. The van der Waals surface area contributed by atoms with Gasteiger partial charge in [0.25, 0.3) is 0 Å². The first-order chi connectivity index (χ1) is 4.35. The van der Waals surface area contributed by atoms with Crippen molar-refractivity contribution in [1.29, 1.82) is 0 Å². The summed E-state index contributed by atoms with van der Waals surface area (Å²) in [6, 6.07) is 0. The number of hydrogen-bond donors (Lipinski definition) is 1. The van der Waals surface area contributed by atoms with Gasteiger partial charge < -0.3 is 13.5 Å². The molecule has 0 bridgehead atoms. The molecule has 0 saturated carbocycles. The van der Waals surface area contributed by atoms with Crippen LogP contribution in [0.5, 0.6) is 0 Å². The highest BCUT2D eigenvalue weighted by molar-refractivity contribution is 6.49. The van der Waals surface area contributed by atoms with Crippen molar-refractivity contribution in [2.75, 3.05) is 13.2 Å². The highest BCUT2D eigenvalue weighted by Gasteiger charge is 2.06. The van der Waals surface area contributed by atoms with Crippen LogP contribution < -0.4 is 4.65 Å². The predicted molar refractivity (Wildman–Crippen MR) is 43.5 cm³/mol. The first-order valence-corrected chi connectivity index (χ1v) is 5.77. The number of nitrogens with one attached hydrogen (secondary N) is 1. The quantitative estimate of drug-likeness (QED) is 0.511. The Morgan fingerprint density at radius 3 is 2.00 bits per heavy atom. The molecule has 0 aromatic heterocycles. The molecule has 0 atom stereocenters. The Morgan fingerprint density at radius 1 is 1.33 bits per heavy atom. The largest absolute Gasteiger partial charge is 0.400 e. The van der Waals surface area contributed by atoms with Gasteiger partial charge in [-0.1, -0.05) is 0 Å². The molecule has 5 heteroatoms. The predicted octanol–water partition coefficient (Wildman–Crippen LogP) is -1.35. The molecule has 0 aliphatic carbocycles. The van der Waals surface area contributed by atoms with E-state index in [4.69, 9.17) is 8.85 Å². The molecule has 0 amide bonds. The van der Waals surface area contributed by atoms with Crippen LogP contribution in [0.1, 0.15) is 13.8 Å². The van der Waals surface area contributed by atoms with Gasteiger partial charge in [0.1, 0.15) is 0 Å². The maximum atomic E-state index is 5.27. The van der Waals surface area contributed by atoms with Crippen LogP contribution in [-0.4, -0.2) is 33.1 Å². The zero-order valence-electron chi connectivity index (χ0n) is 6.31. The van der Waals surface area contributed by atoms with Crippen molar-refractivity contribution in [2.45, 2.75) is 13.8 Å². The Labute approximate surface area is 61.2 Å². The molecule has 0 aliphatic rings. The summed E-state index contributed by atoms with van der Waals surface area (Å²) in [5.41, 5.74) is 0. The van der Waals surface area contributed by atoms with E-state index in [-0.39, 0.29) is 0 Å². The molecular formula is C4H15NO2Si2. The minimum absolute atomic E-state index is 0.756. The van der Waals surface area contributed by atoms with Crippen LogP contribution in [0.3, 0.4) is 0 Å². The van der Waals surface area contributed by atoms with Crippen molar-refractivity contribution in [2.24, 2.45) is 0 Å². The molecule has 56 valence electrons. The first kappa shape index (κ1) is 9.31. The summed E-state index contributed by atoms with van der Waals surface area (Å²) in [5, 5.41) is 0. The fourth-order valence-electron chi connectivity index (χ4n) is 0.518. The van der Waals surface area contributed by atoms with Gasteiger partial charge in [-0.05, 0) is 13.8 Å². The normalized spacial score (nSPS) is 11.0. The third-order valence-corrected chi connectivity index (χ3v) is 4.03. The Balaban J connectivity index is 3.18. The van der Waals surface area contributed by atoms with Crippen molar-refractivity contribution in [3.8, 4) is 0 Å². The summed E-state index contributed by atoms with van der Waals surface area (Å²) >= 11 is 0. The standard InChI is InChI=1S/C4H15NO2Si2/c1-3-6-9(5-8)7-4-2/h5,9H,3-4H2,1-2,8H3. The monoisotopic (exact) mass is 165 g/mol. The van der Waals surface area contributed by atoms with E-state index in [1.807, 2.05) is 13.8 Å². The Morgan fingerprint density at radius 2 is 1.78 bits per heavy atom. The van der Waals surface area contributed by atoms with Crippen LogP contribution in [0.15, 0.2) is 0 Å². The second-order valence-corrected chi connectivity index (χ2v) is 5.17. The van der Waals surface area contributed by atoms with Crippen LogP contribution in [-0.2, 0) is 8.85 Å². The third-order valence-electron chi connectivity index (χ3n) is 0.872. The summed E-state index contributed by atoms with van der Waals surface area (Å²) in [5.74, 6) is 0. The third kappa shape index (κ3) is 4.79. The van der Waals surface area contributed by atoms with Gasteiger partial charge in [-0.25, -0.2) is 0 Å². The van der Waals surface area contributed by atoms with Crippen molar-refractivity contribution >= 4 is 19.8 Å². The van der Waals surface area contributed by atoms with E-state index in [2.05, 4.69) is 4.65 Å². The fourth-order valence-corrected chi connectivity index (χ4v) is 2.55. The van der Waals surface area contributed by atoms with E-state index in [0.717, 1.165) is 23.6 Å². The number of hydrogen-bond acceptors (Lipinski definition) is 3. The summed E-state index contributed by atoms with van der Waals surface area (Å²) in [4.78, 5) is 0. The highest BCUT2D eigenvalue weighted by atomic mass is 28.3. The average Bonchev–Trinajstić information content (AvgIpc) is 1.88. The van der Waals surface area contributed by atoms with E-state index in [1.165, 1.54) is 0 Å². The van der Waals surface area contributed by atoms with Gasteiger partial charge in [-0.2, -0.15) is 0 Å². The topological polar surface area (TPSA) is 30.5 Å². The van der Waals surface area contributed by atoms with Crippen LogP contribution in [0.4, 0.5) is 0 Å². The van der Waals surface area contributed by atoms with E-state index in [0.29, 0.717) is 0 Å². The Kier molecular flexibility index (Phi) is 6.66. The van der Waals surface area contributed by atoms with Crippen LogP contribution in [0, 0.1) is 0 Å². The van der Waals surface area contributed by atoms with E-state index in [1.54, 1.807) is 0 Å². The van der Waals surface area contributed by atoms with Gasteiger partial charge in [0.05, 0.1) is 10.4 Å². The molecule has 0 aliphatic heterocycles. The maximum absolute atomic E-state index is 5.27. The molecule has 0 unspecified atom stereocenters. The molecule has 0 fully saturated rings. The first-order valence-electron chi connectivity index (χ1n) is 3.25. The van der Waals surface area contributed by atoms with Crippen molar-refractivity contribution < 1.29 is 8.85 Å². The summed E-state index contributed by atoms with van der Waals surface area (Å²) in [7, 11) is -0.439. The van der Waals surface area contributed by atoms with Crippen LogP contribution >= 0.6 is 0 Å². The molecule has 9 heavy (non-hydrogen) atoms. The molecular weight excluding hydrogens is 150 g/mol. The lowest BCUT2D eigenvalue weighted by Gasteiger charge is -2.12. The zero-order chi connectivity index (χ0) is 7.11. The van der Waals surface area contributed by atoms with Gasteiger partial charge in [0.15, 0.2) is 0 Å². The lowest BCUT2D eigenvalue weighted by Crippen LogP contribution is -2.38. The second-order valence-electron chi connectivity index (χ2n) is 1.53.